The van der Waals surface area contributed by atoms with Crippen molar-refractivity contribution >= 4 is 33.2 Å². The second-order valence-corrected chi connectivity index (χ2v) is 6.20. The van der Waals surface area contributed by atoms with Gasteiger partial charge in [-0.15, -0.1) is 0 Å². The van der Waals surface area contributed by atoms with Crippen molar-refractivity contribution in [1.29, 1.82) is 0 Å². The normalized spacial score (nSPS) is 19.6. The Bertz CT molecular complexity index is 423. The van der Waals surface area contributed by atoms with E-state index in [-0.39, 0.29) is 0 Å². The maximum absolute atomic E-state index is 6.22. The van der Waals surface area contributed by atoms with Gasteiger partial charge in [-0.05, 0) is 59.9 Å². The Hall–Kier alpha value is -0.250. The van der Waals surface area contributed by atoms with Gasteiger partial charge in [-0.25, -0.2) is 0 Å². The topological polar surface area (TPSA) is 15.3 Å². The van der Waals surface area contributed by atoms with Crippen molar-refractivity contribution in [2.75, 3.05) is 24.5 Å². The number of halogens is 2. The molecule has 2 nitrogen and oxygen atoms in total. The molecule has 0 aromatic heterocycles. The van der Waals surface area contributed by atoms with Crippen LogP contribution in [-0.4, -0.2) is 25.7 Å². The van der Waals surface area contributed by atoms with Crippen molar-refractivity contribution in [3.8, 4) is 0 Å². The van der Waals surface area contributed by atoms with E-state index in [1.54, 1.807) is 0 Å². The van der Waals surface area contributed by atoms with Crippen LogP contribution in [0, 0.1) is 6.92 Å². The molecule has 1 atom stereocenters. The van der Waals surface area contributed by atoms with E-state index in [9.17, 15) is 0 Å². The fraction of sp³-hybridized carbons (Fsp3) is 0.571. The summed E-state index contributed by atoms with van der Waals surface area (Å²) in [6.07, 6.45) is 2.40. The van der Waals surface area contributed by atoms with Gasteiger partial charge in [0.05, 0.1) is 5.69 Å². The third-order valence-corrected chi connectivity index (χ3v) is 4.48. The molecule has 1 aliphatic rings. The van der Waals surface area contributed by atoms with Crippen molar-refractivity contribution in [2.45, 2.75) is 32.7 Å². The molecule has 0 radical (unpaired) electrons. The van der Waals surface area contributed by atoms with Crippen molar-refractivity contribution in [3.63, 3.8) is 0 Å². The Labute approximate surface area is 123 Å². The van der Waals surface area contributed by atoms with Crippen molar-refractivity contribution in [2.24, 2.45) is 0 Å². The Morgan fingerprint density at radius 2 is 2.28 bits per heavy atom. The summed E-state index contributed by atoms with van der Waals surface area (Å²) in [4.78, 5) is 2.41. The van der Waals surface area contributed by atoms with E-state index >= 15 is 0 Å². The van der Waals surface area contributed by atoms with Gasteiger partial charge in [-0.2, -0.15) is 0 Å². The molecule has 0 spiro atoms. The maximum Gasteiger partial charge on any atom is 0.0526 e. The molecule has 1 N–H and O–H groups in total. The van der Waals surface area contributed by atoms with Crippen LogP contribution < -0.4 is 10.2 Å². The first-order valence-electron chi connectivity index (χ1n) is 6.55. The van der Waals surface area contributed by atoms with Crippen LogP contribution in [-0.2, 0) is 0 Å². The summed E-state index contributed by atoms with van der Waals surface area (Å²) >= 11 is 9.86. The van der Waals surface area contributed by atoms with Crippen LogP contribution in [0.4, 0.5) is 5.69 Å². The second-order valence-electron chi connectivity index (χ2n) is 4.94. The molecule has 100 valence electrons. The predicted molar refractivity (Wildman–Crippen MR) is 82.8 cm³/mol. The van der Waals surface area contributed by atoms with Crippen molar-refractivity contribution in [3.05, 3.63) is 27.2 Å². The van der Waals surface area contributed by atoms with Crippen LogP contribution in [0.5, 0.6) is 0 Å². The van der Waals surface area contributed by atoms with Crippen LogP contribution in [0.2, 0.25) is 5.02 Å². The Kier molecular flexibility index (Phi) is 4.93. The van der Waals surface area contributed by atoms with Gasteiger partial charge in [0.25, 0.3) is 0 Å². The molecule has 1 heterocycles. The van der Waals surface area contributed by atoms with Crippen LogP contribution in [0.3, 0.4) is 0 Å². The van der Waals surface area contributed by atoms with Crippen LogP contribution in [0.25, 0.3) is 0 Å². The van der Waals surface area contributed by atoms with Gasteiger partial charge in [0.2, 0.25) is 0 Å². The summed E-state index contributed by atoms with van der Waals surface area (Å²) in [5.41, 5.74) is 2.33. The molecule has 0 bridgehead atoms. The number of hydrogen-bond donors (Lipinski definition) is 1. The lowest BCUT2D eigenvalue weighted by Crippen LogP contribution is -2.33. The van der Waals surface area contributed by atoms with Crippen LogP contribution in [0.15, 0.2) is 16.6 Å². The summed E-state index contributed by atoms with van der Waals surface area (Å²) in [7, 11) is 0. The predicted octanol–water partition coefficient (Wildman–Crippen LogP) is 3.99. The van der Waals surface area contributed by atoms with Crippen LogP contribution >= 0.6 is 27.5 Å². The lowest BCUT2D eigenvalue weighted by molar-refractivity contribution is 0.549. The van der Waals surface area contributed by atoms with E-state index in [4.69, 9.17) is 11.6 Å². The highest BCUT2D eigenvalue weighted by Gasteiger charge is 2.23. The number of nitrogens with zero attached hydrogens (tertiary/aromatic N) is 1. The lowest BCUT2D eigenvalue weighted by Gasteiger charge is -2.21. The highest BCUT2D eigenvalue weighted by molar-refractivity contribution is 9.10. The molecule has 1 unspecified atom stereocenters. The highest BCUT2D eigenvalue weighted by Crippen LogP contribution is 2.33. The number of anilines is 1. The Morgan fingerprint density at radius 1 is 1.50 bits per heavy atom. The number of benzene rings is 1. The first-order valence-corrected chi connectivity index (χ1v) is 7.73. The Morgan fingerprint density at radius 3 is 3.00 bits per heavy atom. The summed E-state index contributed by atoms with van der Waals surface area (Å²) in [5, 5.41) is 4.43. The molecular weight excluding hydrogens is 312 g/mol. The largest absolute Gasteiger partial charge is 0.369 e. The van der Waals surface area contributed by atoms with Gasteiger partial charge in [-0.1, -0.05) is 18.5 Å². The first-order chi connectivity index (χ1) is 8.61. The Balaban J connectivity index is 2.07. The molecule has 1 aromatic carbocycles. The van der Waals surface area contributed by atoms with Gasteiger partial charge in [-0.3, -0.25) is 0 Å². The molecular formula is C14H20BrClN2. The maximum atomic E-state index is 6.22. The molecule has 1 aromatic rings. The molecule has 2 rings (SSSR count). The number of nitrogens with one attached hydrogen (secondary N) is 1. The third kappa shape index (κ3) is 3.19. The second kappa shape index (κ2) is 6.27. The molecule has 1 aliphatic heterocycles. The standard InChI is InChI=1S/C14H20BrClN2/c1-3-5-17-11-4-6-18(9-11)14-8-13(16)10(2)7-12(14)15/h7-8,11,17H,3-6,9H2,1-2H3. The molecule has 0 amide bonds. The molecule has 1 fully saturated rings. The van der Waals surface area contributed by atoms with E-state index < -0.39 is 0 Å². The molecule has 0 saturated carbocycles. The van der Waals surface area contributed by atoms with Crippen molar-refractivity contribution in [1.82, 2.24) is 5.32 Å². The first kappa shape index (κ1) is 14.2. The average Bonchev–Trinajstić information content (AvgIpc) is 2.79. The SMILES string of the molecule is CCCNC1CCN(c2cc(Cl)c(C)cc2Br)C1. The van der Waals surface area contributed by atoms with E-state index in [1.165, 1.54) is 18.5 Å². The smallest absolute Gasteiger partial charge is 0.0526 e. The minimum atomic E-state index is 0.608. The zero-order valence-electron chi connectivity index (χ0n) is 11.0. The monoisotopic (exact) mass is 330 g/mol. The van der Waals surface area contributed by atoms with E-state index in [1.807, 2.05) is 6.92 Å². The fourth-order valence-electron chi connectivity index (χ4n) is 2.37. The minimum Gasteiger partial charge on any atom is -0.369 e. The van der Waals surface area contributed by atoms with E-state index in [0.29, 0.717) is 6.04 Å². The fourth-order valence-corrected chi connectivity index (χ4v) is 3.24. The van der Waals surface area contributed by atoms with E-state index in [2.05, 4.69) is 45.2 Å². The van der Waals surface area contributed by atoms with E-state index in [0.717, 1.165) is 34.7 Å². The lowest BCUT2D eigenvalue weighted by atomic mass is 10.2. The summed E-state index contributed by atoms with van der Waals surface area (Å²) in [5.74, 6) is 0. The van der Waals surface area contributed by atoms with Crippen molar-refractivity contribution < 1.29 is 0 Å². The van der Waals surface area contributed by atoms with Gasteiger partial charge < -0.3 is 10.2 Å². The molecule has 0 aliphatic carbocycles. The highest BCUT2D eigenvalue weighted by atomic mass is 79.9. The van der Waals surface area contributed by atoms with Gasteiger partial charge in [0.1, 0.15) is 0 Å². The van der Waals surface area contributed by atoms with Gasteiger partial charge in [0, 0.05) is 28.6 Å². The zero-order chi connectivity index (χ0) is 13.1. The summed E-state index contributed by atoms with van der Waals surface area (Å²) in [6.45, 7) is 7.51. The van der Waals surface area contributed by atoms with Gasteiger partial charge in [0.15, 0.2) is 0 Å². The molecule has 18 heavy (non-hydrogen) atoms. The van der Waals surface area contributed by atoms with Crippen LogP contribution in [0.1, 0.15) is 25.3 Å². The molecule has 1 saturated heterocycles. The number of hydrogen-bond acceptors (Lipinski definition) is 2. The van der Waals surface area contributed by atoms with Gasteiger partial charge >= 0.3 is 0 Å². The number of rotatable bonds is 4. The quantitative estimate of drug-likeness (QED) is 0.897. The summed E-state index contributed by atoms with van der Waals surface area (Å²) < 4.78 is 1.14. The zero-order valence-corrected chi connectivity index (χ0v) is 13.3. The summed E-state index contributed by atoms with van der Waals surface area (Å²) in [6, 6.07) is 4.78. The minimum absolute atomic E-state index is 0.608. The third-order valence-electron chi connectivity index (χ3n) is 3.44. The average molecular weight is 332 g/mol. The molecule has 4 heteroatoms. The number of aryl methyl sites for hydroxylation is 1.